The van der Waals surface area contributed by atoms with Crippen LogP contribution in [-0.2, 0) is 0 Å². The normalized spacial score (nSPS) is 15.1. The van der Waals surface area contributed by atoms with Crippen molar-refractivity contribution in [2.45, 2.75) is 30.4 Å². The van der Waals surface area contributed by atoms with Gasteiger partial charge in [-0.3, -0.25) is 14.8 Å². The Morgan fingerprint density at radius 2 is 1.72 bits per heavy atom. The molecule has 0 aliphatic carbocycles. The third-order valence-corrected chi connectivity index (χ3v) is 7.40. The van der Waals surface area contributed by atoms with Gasteiger partial charge in [0.1, 0.15) is 11.3 Å². The van der Waals surface area contributed by atoms with Crippen molar-refractivity contribution in [3.8, 4) is 17.3 Å². The number of aromatic amines is 1. The first kappa shape index (κ1) is 23.7. The number of nitrogens with zero attached hydrogens (tertiary/aromatic N) is 2. The molecule has 1 atom stereocenters. The Morgan fingerprint density at radius 1 is 1.03 bits per heavy atom. The molecule has 0 amide bonds. The number of aromatic nitrogens is 2. The van der Waals surface area contributed by atoms with E-state index in [1.807, 2.05) is 68.4 Å². The lowest BCUT2D eigenvalue weighted by molar-refractivity contribution is 0.409. The van der Waals surface area contributed by atoms with Gasteiger partial charge in [0.15, 0.2) is 0 Å². The van der Waals surface area contributed by atoms with E-state index in [-0.39, 0.29) is 10.8 Å². The zero-order valence-electron chi connectivity index (χ0n) is 20.1. The summed E-state index contributed by atoms with van der Waals surface area (Å²) in [4.78, 5) is 34.1. The Labute approximate surface area is 212 Å². The van der Waals surface area contributed by atoms with Crippen molar-refractivity contribution in [2.24, 2.45) is 4.99 Å². The number of aryl methyl sites for hydroxylation is 2. The van der Waals surface area contributed by atoms with Crippen LogP contribution < -0.4 is 16.0 Å². The molecule has 4 aromatic rings. The van der Waals surface area contributed by atoms with Gasteiger partial charge in [-0.25, -0.2) is 9.36 Å². The molecule has 0 radical (unpaired) electrons. The van der Waals surface area contributed by atoms with E-state index >= 15 is 0 Å². The minimum Gasteiger partial charge on any atom is -0.496 e. The van der Waals surface area contributed by atoms with Crippen molar-refractivity contribution in [3.05, 3.63) is 110 Å². The molecule has 7 nitrogen and oxygen atoms in total. The summed E-state index contributed by atoms with van der Waals surface area (Å²) < 4.78 is 6.74. The van der Waals surface area contributed by atoms with E-state index in [1.165, 1.54) is 0 Å². The average Bonchev–Trinajstić information content (AvgIpc) is 3.02. The number of fused-ring (bicyclic) bond motifs is 1. The van der Waals surface area contributed by atoms with Gasteiger partial charge in [0.2, 0.25) is 5.88 Å². The molecule has 8 heteroatoms. The summed E-state index contributed by atoms with van der Waals surface area (Å²) in [5.74, 6) is 0.294. The first-order valence-electron chi connectivity index (χ1n) is 11.5. The number of aromatic hydroxyl groups is 1. The van der Waals surface area contributed by atoms with E-state index in [4.69, 9.17) is 9.73 Å². The van der Waals surface area contributed by atoms with Crippen molar-refractivity contribution in [3.63, 3.8) is 0 Å². The summed E-state index contributed by atoms with van der Waals surface area (Å²) >= 11 is 1.62. The van der Waals surface area contributed by atoms with Gasteiger partial charge in [-0.1, -0.05) is 36.4 Å². The molecule has 0 unspecified atom stereocenters. The van der Waals surface area contributed by atoms with Gasteiger partial charge in [0.05, 0.1) is 24.2 Å². The van der Waals surface area contributed by atoms with Gasteiger partial charge in [0.25, 0.3) is 5.56 Å². The SMILES string of the molecule is COc1ccccc1[C@H]1CC(c2c(O)n(-c3cc(C)cc(C)c3)c(=O)[nH]c2=O)=Nc2ccccc2S1. The maximum Gasteiger partial charge on any atom is 0.335 e. The minimum atomic E-state index is -0.712. The van der Waals surface area contributed by atoms with E-state index in [1.54, 1.807) is 31.0 Å². The van der Waals surface area contributed by atoms with Crippen molar-refractivity contribution >= 4 is 23.2 Å². The minimum absolute atomic E-state index is 0.0223. The molecule has 1 aromatic heterocycles. The molecular weight excluding hydrogens is 474 g/mol. The quantitative estimate of drug-likeness (QED) is 0.402. The number of hydrogen-bond acceptors (Lipinski definition) is 6. The highest BCUT2D eigenvalue weighted by Crippen LogP contribution is 2.47. The second kappa shape index (κ2) is 9.54. The highest BCUT2D eigenvalue weighted by molar-refractivity contribution is 7.99. The number of H-pyrrole nitrogens is 1. The van der Waals surface area contributed by atoms with Crippen LogP contribution in [0.25, 0.3) is 5.69 Å². The molecule has 182 valence electrons. The Balaban J connectivity index is 1.73. The Kier molecular flexibility index (Phi) is 6.28. The predicted octanol–water partition coefficient (Wildman–Crippen LogP) is 5.21. The zero-order valence-corrected chi connectivity index (χ0v) is 20.9. The second-order valence-electron chi connectivity index (χ2n) is 8.72. The number of thioether (sulfide) groups is 1. The van der Waals surface area contributed by atoms with Crippen molar-refractivity contribution in [1.82, 2.24) is 9.55 Å². The molecule has 3 aromatic carbocycles. The lowest BCUT2D eigenvalue weighted by Crippen LogP contribution is -2.33. The lowest BCUT2D eigenvalue weighted by atomic mass is 10.0. The van der Waals surface area contributed by atoms with Gasteiger partial charge >= 0.3 is 5.69 Å². The smallest absolute Gasteiger partial charge is 0.335 e. The predicted molar refractivity (Wildman–Crippen MR) is 143 cm³/mol. The van der Waals surface area contributed by atoms with E-state index in [2.05, 4.69) is 4.98 Å². The summed E-state index contributed by atoms with van der Waals surface area (Å²) in [6.45, 7) is 3.82. The van der Waals surface area contributed by atoms with Gasteiger partial charge in [-0.2, -0.15) is 0 Å². The Morgan fingerprint density at radius 3 is 2.47 bits per heavy atom. The number of benzene rings is 3. The van der Waals surface area contributed by atoms with E-state index < -0.39 is 17.1 Å². The topological polar surface area (TPSA) is 96.7 Å². The van der Waals surface area contributed by atoms with Gasteiger partial charge in [-0.05, 0) is 55.3 Å². The van der Waals surface area contributed by atoms with E-state index in [0.29, 0.717) is 23.5 Å². The number of para-hydroxylation sites is 2. The number of ether oxygens (including phenoxy) is 1. The largest absolute Gasteiger partial charge is 0.496 e. The molecule has 0 saturated carbocycles. The summed E-state index contributed by atoms with van der Waals surface area (Å²) in [6.07, 6.45) is 0.335. The molecule has 5 rings (SSSR count). The third kappa shape index (κ3) is 4.35. The summed E-state index contributed by atoms with van der Waals surface area (Å²) in [6, 6.07) is 20.9. The molecule has 36 heavy (non-hydrogen) atoms. The molecule has 0 saturated heterocycles. The molecule has 2 heterocycles. The highest BCUT2D eigenvalue weighted by atomic mass is 32.2. The Bertz CT molecular complexity index is 1600. The van der Waals surface area contributed by atoms with Crippen LogP contribution in [0.5, 0.6) is 11.6 Å². The molecule has 2 N–H and O–H groups in total. The van der Waals surface area contributed by atoms with Crippen molar-refractivity contribution < 1.29 is 9.84 Å². The molecule has 1 aliphatic rings. The Hall–Kier alpha value is -4.04. The fourth-order valence-corrected chi connectivity index (χ4v) is 5.84. The first-order valence-corrected chi connectivity index (χ1v) is 12.4. The molecule has 0 spiro atoms. The van der Waals surface area contributed by atoms with Gasteiger partial charge < -0.3 is 9.84 Å². The average molecular weight is 500 g/mol. The van der Waals surface area contributed by atoms with Crippen LogP contribution in [0, 0.1) is 13.8 Å². The van der Waals surface area contributed by atoms with E-state index in [0.717, 1.165) is 31.9 Å². The van der Waals surface area contributed by atoms with Crippen LogP contribution in [0.3, 0.4) is 0 Å². The molecular formula is C28H25N3O4S. The summed E-state index contributed by atoms with van der Waals surface area (Å²) in [7, 11) is 1.62. The lowest BCUT2D eigenvalue weighted by Gasteiger charge is -2.19. The van der Waals surface area contributed by atoms with Crippen molar-refractivity contribution in [1.29, 1.82) is 0 Å². The number of rotatable bonds is 4. The molecule has 0 bridgehead atoms. The number of hydrogen-bond donors (Lipinski definition) is 2. The maximum absolute atomic E-state index is 13.1. The van der Waals surface area contributed by atoms with Crippen LogP contribution in [0.1, 0.15) is 33.9 Å². The zero-order chi connectivity index (χ0) is 25.4. The van der Waals surface area contributed by atoms with Crippen LogP contribution in [-0.4, -0.2) is 27.5 Å². The first-order chi connectivity index (χ1) is 17.4. The highest BCUT2D eigenvalue weighted by Gasteiger charge is 2.29. The maximum atomic E-state index is 13.1. The van der Waals surface area contributed by atoms with Gasteiger partial charge in [0, 0.05) is 22.1 Å². The van der Waals surface area contributed by atoms with Crippen LogP contribution in [0.2, 0.25) is 0 Å². The number of nitrogens with one attached hydrogen (secondary N) is 1. The summed E-state index contributed by atoms with van der Waals surface area (Å²) in [5.41, 5.74) is 2.95. The van der Waals surface area contributed by atoms with Crippen LogP contribution in [0.4, 0.5) is 5.69 Å². The third-order valence-electron chi connectivity index (χ3n) is 6.09. The fourth-order valence-electron chi connectivity index (χ4n) is 4.58. The molecule has 0 fully saturated rings. The number of methoxy groups -OCH3 is 1. The molecule has 1 aliphatic heterocycles. The van der Waals surface area contributed by atoms with Crippen molar-refractivity contribution in [2.75, 3.05) is 7.11 Å². The second-order valence-corrected chi connectivity index (χ2v) is 9.96. The summed E-state index contributed by atoms with van der Waals surface area (Å²) in [5, 5.41) is 11.2. The van der Waals surface area contributed by atoms with Gasteiger partial charge in [-0.15, -0.1) is 11.8 Å². The number of aliphatic imine (C=N–C) groups is 1. The standard InChI is InChI=1S/C28H25N3O4S/c1-16-12-17(2)14-18(13-16)31-27(33)25(26(32)30-28(31)34)21-15-24(19-8-4-6-10-22(19)35-3)36-23-11-7-5-9-20(23)29-21/h4-14,24,33H,15H2,1-3H3,(H,30,32,34)/t24-/m1/s1. The van der Waals surface area contributed by atoms with E-state index in [9.17, 15) is 14.7 Å². The monoisotopic (exact) mass is 499 g/mol. The van der Waals surface area contributed by atoms with Crippen LogP contribution in [0.15, 0.2) is 86.2 Å². The van der Waals surface area contributed by atoms with Crippen LogP contribution >= 0.6 is 11.8 Å². The fraction of sp³-hybridized carbons (Fsp3) is 0.179.